The van der Waals surface area contributed by atoms with E-state index in [-0.39, 0.29) is 27.7 Å². The maximum absolute atomic E-state index is 13.4. The monoisotopic (exact) mass is 511 g/mol. The van der Waals surface area contributed by atoms with Gasteiger partial charge in [-0.3, -0.25) is 19.5 Å². The highest BCUT2D eigenvalue weighted by molar-refractivity contribution is 7.89. The Morgan fingerprint density at radius 3 is 2.26 bits per heavy atom. The number of hydrogen-bond acceptors (Lipinski definition) is 6. The molecule has 0 aliphatic carbocycles. The molecule has 0 radical (unpaired) electrons. The minimum absolute atomic E-state index is 0.0203. The summed E-state index contributed by atoms with van der Waals surface area (Å²) in [5, 5.41) is 8.25. The Morgan fingerprint density at radius 2 is 1.65 bits per heavy atom. The van der Waals surface area contributed by atoms with Crippen molar-refractivity contribution in [1.29, 1.82) is 0 Å². The molecule has 0 unspecified atom stereocenters. The Morgan fingerprint density at radius 1 is 1.03 bits per heavy atom. The van der Waals surface area contributed by atoms with Gasteiger partial charge < -0.3 is 10.2 Å². The van der Waals surface area contributed by atoms with Crippen molar-refractivity contribution in [3.05, 3.63) is 75.9 Å². The van der Waals surface area contributed by atoms with E-state index in [0.717, 1.165) is 6.26 Å². The molecule has 0 saturated heterocycles. The number of carbonyl (C=O) groups excluding carboxylic acids is 3. The lowest BCUT2D eigenvalue weighted by molar-refractivity contribution is 0.0977. The van der Waals surface area contributed by atoms with Gasteiger partial charge in [0.15, 0.2) is 17.5 Å². The Labute approximate surface area is 197 Å². The number of nitrogens with zero attached hydrogens (tertiary/aromatic N) is 2. The van der Waals surface area contributed by atoms with Crippen LogP contribution >= 0.6 is 11.6 Å². The van der Waals surface area contributed by atoms with E-state index in [4.69, 9.17) is 11.6 Å². The van der Waals surface area contributed by atoms with Crippen molar-refractivity contribution in [3.63, 3.8) is 0 Å². The second-order valence-corrected chi connectivity index (χ2v) is 9.14. The van der Waals surface area contributed by atoms with Crippen molar-refractivity contribution >= 4 is 50.9 Å². The third-order valence-corrected chi connectivity index (χ3v) is 5.27. The lowest BCUT2D eigenvalue weighted by Gasteiger charge is -2.16. The second-order valence-electron chi connectivity index (χ2n) is 6.98. The number of rotatable bonds is 6. The van der Waals surface area contributed by atoms with E-state index in [9.17, 15) is 31.6 Å². The van der Waals surface area contributed by atoms with Crippen LogP contribution in [0.15, 0.2) is 42.5 Å². The van der Waals surface area contributed by atoms with Gasteiger partial charge in [0.05, 0.1) is 16.8 Å². The molecule has 0 aliphatic rings. The van der Waals surface area contributed by atoms with Crippen molar-refractivity contribution in [2.75, 3.05) is 23.5 Å². The SMILES string of the molecule is CN(C(=O)c1cc(NC(=O)c2cc(F)c(F)cc2Cl)n[nH]1)c1ccc(C(=O)NS(C)(=O)=O)cc1. The zero-order valence-corrected chi connectivity index (χ0v) is 19.1. The fourth-order valence-corrected chi connectivity index (χ4v) is 3.43. The number of H-pyrrole nitrogens is 1. The molecule has 0 fully saturated rings. The van der Waals surface area contributed by atoms with E-state index in [0.29, 0.717) is 17.8 Å². The number of aromatic nitrogens is 2. The quantitative estimate of drug-likeness (QED) is 0.434. The molecule has 0 aliphatic heterocycles. The zero-order chi connectivity index (χ0) is 25.2. The average molecular weight is 512 g/mol. The number of nitrogens with one attached hydrogen (secondary N) is 3. The summed E-state index contributed by atoms with van der Waals surface area (Å²) >= 11 is 5.78. The smallest absolute Gasteiger partial charge is 0.276 e. The van der Waals surface area contributed by atoms with E-state index >= 15 is 0 Å². The van der Waals surface area contributed by atoms with E-state index < -0.39 is 39.4 Å². The number of anilines is 2. The van der Waals surface area contributed by atoms with Gasteiger partial charge in [-0.2, -0.15) is 5.10 Å². The third-order valence-electron chi connectivity index (χ3n) is 4.40. The number of aromatic amines is 1. The first-order valence-corrected chi connectivity index (χ1v) is 11.5. The van der Waals surface area contributed by atoms with Crippen LogP contribution in [0.25, 0.3) is 0 Å². The standard InChI is InChI=1S/C20H16ClF2N5O5S/c1-28(11-5-3-10(4-6-11)18(29)27-34(2,32)33)20(31)16-9-17(26-25-16)24-19(30)12-7-14(22)15(23)8-13(12)21/h3-9H,1-2H3,(H,27,29)(H2,24,25,26,30). The zero-order valence-electron chi connectivity index (χ0n) is 17.5. The number of halogens is 3. The van der Waals surface area contributed by atoms with Crippen molar-refractivity contribution in [2.24, 2.45) is 0 Å². The number of sulfonamides is 1. The summed E-state index contributed by atoms with van der Waals surface area (Å²) in [6.07, 6.45) is 0.847. The molecule has 1 heterocycles. The molecule has 0 saturated carbocycles. The van der Waals surface area contributed by atoms with Crippen LogP contribution in [0.1, 0.15) is 31.2 Å². The Bertz CT molecular complexity index is 1390. The predicted octanol–water partition coefficient (Wildman–Crippen LogP) is 2.56. The summed E-state index contributed by atoms with van der Waals surface area (Å²) in [7, 11) is -2.29. The highest BCUT2D eigenvalue weighted by Gasteiger charge is 2.20. The Balaban J connectivity index is 1.70. The van der Waals surface area contributed by atoms with Gasteiger partial charge in [-0.15, -0.1) is 0 Å². The summed E-state index contributed by atoms with van der Waals surface area (Å²) in [5.41, 5.74) is 0.0914. The van der Waals surface area contributed by atoms with Crippen molar-refractivity contribution in [1.82, 2.24) is 14.9 Å². The van der Waals surface area contributed by atoms with Gasteiger partial charge in [-0.1, -0.05) is 11.6 Å². The van der Waals surface area contributed by atoms with E-state index in [1.54, 1.807) is 0 Å². The normalized spacial score (nSPS) is 11.1. The molecule has 3 aromatic rings. The average Bonchev–Trinajstić information content (AvgIpc) is 3.22. The molecule has 0 bridgehead atoms. The van der Waals surface area contributed by atoms with E-state index in [1.807, 2.05) is 4.72 Å². The molecule has 3 amide bonds. The van der Waals surface area contributed by atoms with Gasteiger partial charge >= 0.3 is 0 Å². The predicted molar refractivity (Wildman–Crippen MR) is 119 cm³/mol. The molecule has 34 heavy (non-hydrogen) atoms. The first-order valence-electron chi connectivity index (χ1n) is 9.27. The van der Waals surface area contributed by atoms with Crippen LogP contribution < -0.4 is 14.9 Å². The second kappa shape index (κ2) is 9.57. The van der Waals surface area contributed by atoms with Crippen LogP contribution in [0.2, 0.25) is 5.02 Å². The molecular formula is C20H16ClF2N5O5S. The summed E-state index contributed by atoms with van der Waals surface area (Å²) in [4.78, 5) is 38.1. The first kappa shape index (κ1) is 24.8. The number of amides is 3. The van der Waals surface area contributed by atoms with Gasteiger partial charge in [0.1, 0.15) is 5.69 Å². The maximum atomic E-state index is 13.4. The lowest BCUT2D eigenvalue weighted by Crippen LogP contribution is -2.29. The molecule has 0 atom stereocenters. The van der Waals surface area contributed by atoms with Gasteiger partial charge in [0.2, 0.25) is 10.0 Å². The molecule has 14 heteroatoms. The molecular weight excluding hydrogens is 496 g/mol. The molecule has 2 aromatic carbocycles. The number of benzene rings is 2. The summed E-state index contributed by atoms with van der Waals surface area (Å²) in [6.45, 7) is 0. The summed E-state index contributed by atoms with van der Waals surface area (Å²) in [5.74, 6) is -4.79. The Kier molecular flexibility index (Phi) is 6.98. The minimum Gasteiger partial charge on any atom is -0.310 e. The first-order chi connectivity index (χ1) is 15.9. The van der Waals surface area contributed by atoms with Crippen LogP contribution in [0.5, 0.6) is 0 Å². The summed E-state index contributed by atoms with van der Waals surface area (Å²) < 4.78 is 50.8. The van der Waals surface area contributed by atoms with Crippen molar-refractivity contribution in [2.45, 2.75) is 0 Å². The van der Waals surface area contributed by atoms with Crippen LogP contribution in [0, 0.1) is 11.6 Å². The summed E-state index contributed by atoms with van der Waals surface area (Å²) in [6, 6.07) is 8.06. The maximum Gasteiger partial charge on any atom is 0.276 e. The fraction of sp³-hybridized carbons (Fsp3) is 0.100. The van der Waals surface area contributed by atoms with Gasteiger partial charge in [0.25, 0.3) is 17.7 Å². The van der Waals surface area contributed by atoms with Crippen LogP contribution in [0.3, 0.4) is 0 Å². The van der Waals surface area contributed by atoms with Gasteiger partial charge in [-0.25, -0.2) is 21.9 Å². The van der Waals surface area contributed by atoms with E-state index in [1.165, 1.54) is 42.3 Å². The molecule has 178 valence electrons. The van der Waals surface area contributed by atoms with Crippen LogP contribution in [0.4, 0.5) is 20.3 Å². The highest BCUT2D eigenvalue weighted by atomic mass is 35.5. The van der Waals surface area contributed by atoms with Crippen molar-refractivity contribution < 1.29 is 31.6 Å². The van der Waals surface area contributed by atoms with Crippen LogP contribution in [-0.2, 0) is 10.0 Å². The largest absolute Gasteiger partial charge is 0.310 e. The Hall–Kier alpha value is -3.84. The molecule has 3 N–H and O–H groups in total. The van der Waals surface area contributed by atoms with Gasteiger partial charge in [-0.05, 0) is 36.4 Å². The lowest BCUT2D eigenvalue weighted by atomic mass is 10.2. The topological polar surface area (TPSA) is 141 Å². The third kappa shape index (κ3) is 5.74. The fourth-order valence-electron chi connectivity index (χ4n) is 2.74. The molecule has 10 nitrogen and oxygen atoms in total. The molecule has 0 spiro atoms. The number of carbonyl (C=O) groups is 3. The van der Waals surface area contributed by atoms with Crippen molar-refractivity contribution in [3.8, 4) is 0 Å². The minimum atomic E-state index is -3.73. The highest BCUT2D eigenvalue weighted by Crippen LogP contribution is 2.22. The molecule has 3 rings (SSSR count). The van der Waals surface area contributed by atoms with Gasteiger partial charge in [0, 0.05) is 24.4 Å². The van der Waals surface area contributed by atoms with Crippen LogP contribution in [-0.4, -0.2) is 49.6 Å². The number of hydrogen-bond donors (Lipinski definition) is 3. The molecule has 1 aromatic heterocycles. The van der Waals surface area contributed by atoms with E-state index in [2.05, 4.69) is 15.5 Å².